The average Bonchev–Trinajstić information content (AvgIpc) is 3.41. The fourth-order valence-electron chi connectivity index (χ4n) is 9.47. The molecule has 6 N–H and O–H groups in total. The Hall–Kier alpha value is -2.64. The zero-order chi connectivity index (χ0) is 54.7. The van der Waals surface area contributed by atoms with Crippen LogP contribution in [0.15, 0.2) is 60.8 Å². The van der Waals surface area contributed by atoms with E-state index in [1.54, 1.807) is 6.08 Å². The molecular formula is C64H115NO10. The maximum Gasteiger partial charge on any atom is 0.306 e. The molecule has 1 heterocycles. The average molecular weight is 1060 g/mol. The number of rotatable bonds is 52. The summed E-state index contributed by atoms with van der Waals surface area (Å²) < 4.78 is 17.6. The summed E-state index contributed by atoms with van der Waals surface area (Å²) in [5, 5.41) is 56.9. The Kier molecular flexibility index (Phi) is 48.9. The van der Waals surface area contributed by atoms with E-state index in [9.17, 15) is 35.1 Å². The summed E-state index contributed by atoms with van der Waals surface area (Å²) in [4.78, 5) is 26.5. The molecule has 1 aliphatic heterocycles. The Labute approximate surface area is 458 Å². The highest BCUT2D eigenvalue weighted by molar-refractivity contribution is 5.80. The van der Waals surface area contributed by atoms with Crippen molar-refractivity contribution in [2.24, 2.45) is 0 Å². The van der Waals surface area contributed by atoms with Gasteiger partial charge in [-0.05, 0) is 64.2 Å². The minimum atomic E-state index is -1.64. The van der Waals surface area contributed by atoms with Gasteiger partial charge in [-0.1, -0.05) is 261 Å². The molecule has 1 fully saturated rings. The lowest BCUT2D eigenvalue weighted by Crippen LogP contribution is -2.61. The monoisotopic (exact) mass is 1060 g/mol. The molecule has 0 aromatic rings. The lowest BCUT2D eigenvalue weighted by molar-refractivity contribution is -0.305. The van der Waals surface area contributed by atoms with Gasteiger partial charge in [0.15, 0.2) is 12.4 Å². The summed E-state index contributed by atoms with van der Waals surface area (Å²) in [5.74, 6) is -1.25. The maximum absolute atomic E-state index is 13.4. The normalized spacial score (nSPS) is 19.6. The molecule has 1 rings (SSSR count). The number of ether oxygens (including phenoxy) is 3. The van der Waals surface area contributed by atoms with Crippen LogP contribution in [0.5, 0.6) is 0 Å². The lowest BCUT2D eigenvalue weighted by Gasteiger charge is -2.41. The van der Waals surface area contributed by atoms with Crippen molar-refractivity contribution >= 4 is 11.9 Å². The maximum atomic E-state index is 13.4. The number of hydrogen-bond acceptors (Lipinski definition) is 10. The van der Waals surface area contributed by atoms with E-state index in [1.165, 1.54) is 154 Å². The van der Waals surface area contributed by atoms with E-state index in [2.05, 4.69) is 68.6 Å². The lowest BCUT2D eigenvalue weighted by atomic mass is 9.99. The van der Waals surface area contributed by atoms with E-state index in [-0.39, 0.29) is 19.4 Å². The molecule has 1 amide bonds. The van der Waals surface area contributed by atoms with Gasteiger partial charge in [-0.3, -0.25) is 9.59 Å². The number of unbranched alkanes of at least 4 members (excludes halogenated alkanes) is 30. The molecule has 11 nitrogen and oxygen atoms in total. The highest BCUT2D eigenvalue weighted by atomic mass is 16.7. The van der Waals surface area contributed by atoms with E-state index < -0.39 is 67.4 Å². The second-order valence-electron chi connectivity index (χ2n) is 21.4. The number of carbonyl (C=O) groups excluding carboxylic acids is 2. The van der Waals surface area contributed by atoms with Gasteiger partial charge in [0, 0.05) is 6.42 Å². The zero-order valence-electron chi connectivity index (χ0n) is 48.2. The Morgan fingerprint density at radius 3 is 1.40 bits per heavy atom. The van der Waals surface area contributed by atoms with Crippen molar-refractivity contribution in [3.05, 3.63) is 60.8 Å². The van der Waals surface area contributed by atoms with Crippen LogP contribution in [0.2, 0.25) is 0 Å². The van der Waals surface area contributed by atoms with E-state index in [0.29, 0.717) is 19.3 Å². The predicted octanol–water partition coefficient (Wildman–Crippen LogP) is 14.6. The van der Waals surface area contributed by atoms with Crippen LogP contribution >= 0.6 is 0 Å². The summed E-state index contributed by atoms with van der Waals surface area (Å²) in [6, 6.07) is -1.03. The third-order valence-corrected chi connectivity index (χ3v) is 14.4. The van der Waals surface area contributed by atoms with E-state index in [1.807, 2.05) is 12.2 Å². The van der Waals surface area contributed by atoms with Crippen LogP contribution in [0.25, 0.3) is 0 Å². The molecule has 1 aliphatic rings. The van der Waals surface area contributed by atoms with E-state index in [4.69, 9.17) is 14.2 Å². The standard InChI is InChI=1S/C64H115NO10/c1-4-7-10-13-16-19-22-25-27-29-31-34-37-40-43-46-49-52-59(69)75-62-61(71)60(70)58(53-66)74-64(62)73-54-55(56(67)50-47-44-41-38-35-32-24-21-18-15-12-9-6-3)65-63(72)57(68)51-48-45-42-39-36-33-30-28-26-23-20-17-14-11-8-5-2/h16,19,25,27,31,34,40,43,47,50,55-58,60-62,64,66-68,70-71H,4-15,17-18,20-24,26,28-30,32-33,35-39,41-42,44-46,48-49,51-54H2,1-3H3,(H,65,72)/b19-16-,27-25-,34-31-,43-40-,50-47+. The molecule has 8 unspecified atom stereocenters. The third-order valence-electron chi connectivity index (χ3n) is 14.4. The first kappa shape index (κ1) is 70.4. The quantitative estimate of drug-likeness (QED) is 0.0195. The molecule has 0 aliphatic carbocycles. The van der Waals surface area contributed by atoms with Gasteiger partial charge < -0.3 is 45.1 Å². The van der Waals surface area contributed by atoms with Gasteiger partial charge in [0.05, 0.1) is 25.4 Å². The van der Waals surface area contributed by atoms with Gasteiger partial charge in [-0.15, -0.1) is 0 Å². The minimum absolute atomic E-state index is 0.0477. The topological polar surface area (TPSA) is 175 Å². The largest absolute Gasteiger partial charge is 0.454 e. The van der Waals surface area contributed by atoms with Crippen LogP contribution in [0, 0.1) is 0 Å². The highest BCUT2D eigenvalue weighted by Crippen LogP contribution is 2.26. The van der Waals surface area contributed by atoms with Crippen molar-refractivity contribution in [3.63, 3.8) is 0 Å². The molecule has 0 radical (unpaired) electrons. The van der Waals surface area contributed by atoms with Crippen LogP contribution in [-0.4, -0.2) is 99.6 Å². The van der Waals surface area contributed by atoms with Crippen molar-refractivity contribution in [1.82, 2.24) is 5.32 Å². The van der Waals surface area contributed by atoms with Crippen LogP contribution in [-0.2, 0) is 23.8 Å². The van der Waals surface area contributed by atoms with Crippen LogP contribution in [0.4, 0.5) is 0 Å². The molecule has 0 bridgehead atoms. The van der Waals surface area contributed by atoms with E-state index >= 15 is 0 Å². The van der Waals surface area contributed by atoms with Crippen LogP contribution in [0.1, 0.15) is 271 Å². The van der Waals surface area contributed by atoms with Crippen molar-refractivity contribution in [2.45, 2.75) is 320 Å². The van der Waals surface area contributed by atoms with Gasteiger partial charge in [0.25, 0.3) is 0 Å². The second kappa shape index (κ2) is 52.1. The van der Waals surface area contributed by atoms with Crippen molar-refractivity contribution in [1.29, 1.82) is 0 Å². The van der Waals surface area contributed by atoms with Crippen molar-refractivity contribution in [2.75, 3.05) is 13.2 Å². The van der Waals surface area contributed by atoms with Gasteiger partial charge in [0.1, 0.15) is 24.4 Å². The summed E-state index contributed by atoms with van der Waals surface area (Å²) >= 11 is 0. The first-order valence-electron chi connectivity index (χ1n) is 31.1. The molecule has 0 aromatic heterocycles. The van der Waals surface area contributed by atoms with Gasteiger partial charge in [0.2, 0.25) is 5.91 Å². The summed E-state index contributed by atoms with van der Waals surface area (Å²) in [6.07, 6.45) is 54.0. The first-order chi connectivity index (χ1) is 36.7. The van der Waals surface area contributed by atoms with Gasteiger partial charge in [-0.2, -0.15) is 0 Å². The Balaban J connectivity index is 2.73. The number of carbonyl (C=O) groups is 2. The Morgan fingerprint density at radius 1 is 0.520 bits per heavy atom. The number of amides is 1. The zero-order valence-corrected chi connectivity index (χ0v) is 48.2. The first-order valence-corrected chi connectivity index (χ1v) is 31.1. The summed E-state index contributed by atoms with van der Waals surface area (Å²) in [5.41, 5.74) is 0. The smallest absolute Gasteiger partial charge is 0.306 e. The minimum Gasteiger partial charge on any atom is -0.454 e. The molecular weight excluding hydrogens is 943 g/mol. The number of hydrogen-bond donors (Lipinski definition) is 6. The summed E-state index contributed by atoms with van der Waals surface area (Å²) in [6.45, 7) is 5.75. The summed E-state index contributed by atoms with van der Waals surface area (Å²) in [7, 11) is 0. The number of allylic oxidation sites excluding steroid dienone is 9. The SMILES string of the molecule is CCCCC/C=C\C/C=C\C/C=C\C/C=C\CCCC(=O)OC1C(OCC(NC(=O)C(O)CCCCCCCCCCCCCCCCCC)C(O)/C=C/CCCCCCCCCCCCC)OC(CO)C(O)C1O. The molecule has 0 spiro atoms. The van der Waals surface area contributed by atoms with Gasteiger partial charge >= 0.3 is 5.97 Å². The Morgan fingerprint density at radius 2 is 0.920 bits per heavy atom. The molecule has 436 valence electrons. The number of aliphatic hydroxyl groups excluding tert-OH is 5. The fraction of sp³-hybridized carbons (Fsp3) is 0.812. The van der Waals surface area contributed by atoms with E-state index in [0.717, 1.165) is 64.2 Å². The molecule has 0 aromatic carbocycles. The van der Waals surface area contributed by atoms with Gasteiger partial charge in [-0.25, -0.2) is 0 Å². The number of esters is 1. The molecule has 1 saturated heterocycles. The fourth-order valence-corrected chi connectivity index (χ4v) is 9.47. The molecule has 75 heavy (non-hydrogen) atoms. The number of nitrogens with one attached hydrogen (secondary N) is 1. The predicted molar refractivity (Wildman–Crippen MR) is 310 cm³/mol. The number of aliphatic hydroxyl groups is 5. The van der Waals surface area contributed by atoms with Crippen molar-refractivity contribution < 1.29 is 49.3 Å². The third kappa shape index (κ3) is 40.2. The second-order valence-corrected chi connectivity index (χ2v) is 21.4. The van der Waals surface area contributed by atoms with Crippen molar-refractivity contribution in [3.8, 4) is 0 Å². The molecule has 8 atom stereocenters. The molecule has 11 heteroatoms. The van der Waals surface area contributed by atoms with Crippen LogP contribution in [0.3, 0.4) is 0 Å². The molecule has 0 saturated carbocycles. The Bertz CT molecular complexity index is 1450. The highest BCUT2D eigenvalue weighted by Gasteiger charge is 2.47. The van der Waals surface area contributed by atoms with Crippen LogP contribution < -0.4 is 5.32 Å².